The molecule has 0 aliphatic rings. The standard InChI is InChI=1S/C33H25F3N2O6S/c34-33(35,36)29-14-5-13-26-25(15-17-37-30(26)29)21-7-3-8-22(19-21)44-23-9-4-10-24(20-23)45(42,43)18-6-16-38-31(39)27-11-1-2-12-28(27)32(40)41/h1-5,7-15,17,19-20H,6,16,18H2,(H,38,39)(H,40,41). The van der Waals surface area contributed by atoms with E-state index in [1.54, 1.807) is 42.5 Å². The lowest BCUT2D eigenvalue weighted by molar-refractivity contribution is -0.136. The van der Waals surface area contributed by atoms with Crippen LogP contribution in [0.2, 0.25) is 0 Å². The van der Waals surface area contributed by atoms with Gasteiger partial charge >= 0.3 is 12.1 Å². The summed E-state index contributed by atoms with van der Waals surface area (Å²) >= 11 is 0. The zero-order valence-corrected chi connectivity index (χ0v) is 24.2. The van der Waals surface area contributed by atoms with Crippen LogP contribution in [0.5, 0.6) is 11.5 Å². The van der Waals surface area contributed by atoms with E-state index in [2.05, 4.69) is 10.3 Å². The van der Waals surface area contributed by atoms with Crippen molar-refractivity contribution in [1.82, 2.24) is 10.3 Å². The molecule has 0 fully saturated rings. The number of hydrogen-bond donors (Lipinski definition) is 2. The minimum Gasteiger partial charge on any atom is -0.478 e. The Morgan fingerprint density at radius 2 is 1.53 bits per heavy atom. The van der Waals surface area contributed by atoms with Crippen LogP contribution < -0.4 is 10.1 Å². The number of pyridine rings is 1. The summed E-state index contributed by atoms with van der Waals surface area (Å²) < 4.78 is 72.7. The molecule has 0 spiro atoms. The fraction of sp³-hybridized carbons (Fsp3) is 0.121. The fourth-order valence-corrected chi connectivity index (χ4v) is 6.14. The molecule has 0 saturated carbocycles. The summed E-state index contributed by atoms with van der Waals surface area (Å²) in [6.45, 7) is 0.00313. The van der Waals surface area contributed by atoms with Crippen LogP contribution in [0.15, 0.2) is 108 Å². The molecule has 0 bridgehead atoms. The third kappa shape index (κ3) is 7.13. The van der Waals surface area contributed by atoms with Crippen molar-refractivity contribution < 1.29 is 41.0 Å². The lowest BCUT2D eigenvalue weighted by Crippen LogP contribution is -2.27. The number of benzene rings is 4. The Kier molecular flexibility index (Phi) is 8.87. The normalized spacial score (nSPS) is 11.7. The summed E-state index contributed by atoms with van der Waals surface area (Å²) in [5, 5.41) is 12.1. The van der Waals surface area contributed by atoms with Gasteiger partial charge in [0.25, 0.3) is 5.91 Å². The molecule has 1 amide bonds. The van der Waals surface area contributed by atoms with Crippen molar-refractivity contribution in [2.45, 2.75) is 17.5 Å². The predicted molar refractivity (Wildman–Crippen MR) is 161 cm³/mol. The Morgan fingerprint density at radius 3 is 2.27 bits per heavy atom. The van der Waals surface area contributed by atoms with Gasteiger partial charge in [0, 0.05) is 18.1 Å². The van der Waals surface area contributed by atoms with E-state index < -0.39 is 33.5 Å². The van der Waals surface area contributed by atoms with Crippen LogP contribution in [0.3, 0.4) is 0 Å². The average Bonchev–Trinajstić information content (AvgIpc) is 3.02. The van der Waals surface area contributed by atoms with Crippen molar-refractivity contribution in [1.29, 1.82) is 0 Å². The van der Waals surface area contributed by atoms with Crippen molar-refractivity contribution in [2.24, 2.45) is 0 Å². The molecule has 1 heterocycles. The molecule has 0 saturated heterocycles. The summed E-state index contributed by atoms with van der Waals surface area (Å²) in [6, 6.07) is 23.8. The highest BCUT2D eigenvalue weighted by Crippen LogP contribution is 2.38. The van der Waals surface area contributed by atoms with Gasteiger partial charge in [0.15, 0.2) is 9.84 Å². The molecule has 0 aliphatic heterocycles. The zero-order valence-electron chi connectivity index (χ0n) is 23.4. The number of carboxylic acids is 1. The van der Waals surface area contributed by atoms with Gasteiger partial charge in [-0.15, -0.1) is 0 Å². The SMILES string of the molecule is O=C(O)c1ccccc1C(=O)NCCCS(=O)(=O)c1cccc(Oc2cccc(-c3ccnc4c(C(F)(F)F)cccc34)c2)c1. The van der Waals surface area contributed by atoms with Gasteiger partial charge in [0.2, 0.25) is 0 Å². The summed E-state index contributed by atoms with van der Waals surface area (Å²) in [6.07, 6.45) is -3.18. The Morgan fingerprint density at radius 1 is 0.844 bits per heavy atom. The molecule has 4 aromatic carbocycles. The number of sulfone groups is 1. The first-order chi connectivity index (χ1) is 21.4. The van der Waals surface area contributed by atoms with Gasteiger partial charge in [-0.05, 0) is 72.1 Å². The number of amides is 1. The summed E-state index contributed by atoms with van der Waals surface area (Å²) in [7, 11) is -3.78. The Labute approximate surface area is 256 Å². The van der Waals surface area contributed by atoms with E-state index in [1.807, 2.05) is 0 Å². The van der Waals surface area contributed by atoms with Crippen LogP contribution in [-0.4, -0.2) is 42.7 Å². The van der Waals surface area contributed by atoms with Gasteiger partial charge < -0.3 is 15.2 Å². The average molecular weight is 635 g/mol. The number of alkyl halides is 3. The molecule has 0 aliphatic carbocycles. The molecule has 12 heteroatoms. The lowest BCUT2D eigenvalue weighted by atomic mass is 9.99. The number of para-hydroxylation sites is 1. The molecule has 1 aromatic heterocycles. The minimum absolute atomic E-state index is 0.00138. The number of carbonyl (C=O) groups excluding carboxylic acids is 1. The first-order valence-corrected chi connectivity index (χ1v) is 15.3. The number of rotatable bonds is 10. The van der Waals surface area contributed by atoms with Crippen LogP contribution >= 0.6 is 0 Å². The first-order valence-electron chi connectivity index (χ1n) is 13.6. The first kappa shape index (κ1) is 31.2. The smallest absolute Gasteiger partial charge is 0.418 e. The van der Waals surface area contributed by atoms with Gasteiger partial charge in [-0.3, -0.25) is 9.78 Å². The number of ether oxygens (including phenoxy) is 1. The number of aromatic carboxylic acids is 1. The topological polar surface area (TPSA) is 123 Å². The summed E-state index contributed by atoms with van der Waals surface area (Å²) in [5.41, 5.74) is -0.0864. The molecular formula is C33H25F3N2O6S. The second-order valence-corrected chi connectivity index (χ2v) is 12.1. The van der Waals surface area contributed by atoms with Crippen molar-refractivity contribution in [2.75, 3.05) is 12.3 Å². The monoisotopic (exact) mass is 634 g/mol. The minimum atomic E-state index is -4.57. The second-order valence-electron chi connectivity index (χ2n) is 9.94. The van der Waals surface area contributed by atoms with E-state index in [-0.39, 0.29) is 46.0 Å². The molecule has 45 heavy (non-hydrogen) atoms. The van der Waals surface area contributed by atoms with Gasteiger partial charge in [0.05, 0.1) is 32.9 Å². The van der Waals surface area contributed by atoms with Crippen molar-refractivity contribution in [3.63, 3.8) is 0 Å². The number of nitrogens with zero attached hydrogens (tertiary/aromatic N) is 1. The van der Waals surface area contributed by atoms with E-state index in [0.29, 0.717) is 22.3 Å². The number of carboxylic acid groups (broad SMARTS) is 1. The van der Waals surface area contributed by atoms with Crippen molar-refractivity contribution in [3.05, 3.63) is 120 Å². The quantitative estimate of drug-likeness (QED) is 0.159. The van der Waals surface area contributed by atoms with E-state index in [0.717, 1.165) is 6.07 Å². The van der Waals surface area contributed by atoms with Crippen molar-refractivity contribution >= 4 is 32.6 Å². The number of halogens is 3. The van der Waals surface area contributed by atoms with Crippen molar-refractivity contribution in [3.8, 4) is 22.6 Å². The van der Waals surface area contributed by atoms with Crippen LogP contribution in [0.1, 0.15) is 32.7 Å². The highest BCUT2D eigenvalue weighted by Gasteiger charge is 2.33. The maximum Gasteiger partial charge on any atom is 0.418 e. The molecule has 5 aromatic rings. The fourth-order valence-electron chi connectivity index (χ4n) is 4.80. The molecule has 5 rings (SSSR count). The second kappa shape index (κ2) is 12.8. The number of carbonyl (C=O) groups is 2. The Hall–Kier alpha value is -5.23. The maximum absolute atomic E-state index is 13.6. The number of fused-ring (bicyclic) bond motifs is 1. The number of hydrogen-bond acceptors (Lipinski definition) is 6. The maximum atomic E-state index is 13.6. The summed E-state index contributed by atoms with van der Waals surface area (Å²) in [4.78, 5) is 27.7. The lowest BCUT2D eigenvalue weighted by Gasteiger charge is -2.13. The van der Waals surface area contributed by atoms with Gasteiger partial charge in [-0.25, -0.2) is 13.2 Å². The highest BCUT2D eigenvalue weighted by atomic mass is 32.2. The van der Waals surface area contributed by atoms with Crippen LogP contribution in [-0.2, 0) is 16.0 Å². The third-order valence-electron chi connectivity index (χ3n) is 6.90. The molecule has 8 nitrogen and oxygen atoms in total. The Bertz CT molecular complexity index is 2010. The van der Waals surface area contributed by atoms with Gasteiger partial charge in [-0.2, -0.15) is 13.2 Å². The molecule has 0 unspecified atom stereocenters. The molecule has 0 radical (unpaired) electrons. The van der Waals surface area contributed by atoms with E-state index in [1.165, 1.54) is 54.7 Å². The van der Waals surface area contributed by atoms with Crippen LogP contribution in [0.4, 0.5) is 13.2 Å². The van der Waals surface area contributed by atoms with E-state index >= 15 is 0 Å². The van der Waals surface area contributed by atoms with Crippen LogP contribution in [0, 0.1) is 0 Å². The largest absolute Gasteiger partial charge is 0.478 e. The molecular weight excluding hydrogens is 609 g/mol. The predicted octanol–water partition coefficient (Wildman–Crippen LogP) is 7.00. The van der Waals surface area contributed by atoms with Gasteiger partial charge in [0.1, 0.15) is 11.5 Å². The highest BCUT2D eigenvalue weighted by molar-refractivity contribution is 7.91. The number of aromatic nitrogens is 1. The molecule has 2 N–H and O–H groups in total. The zero-order chi connectivity index (χ0) is 32.2. The van der Waals surface area contributed by atoms with E-state index in [4.69, 9.17) is 4.74 Å². The Balaban J connectivity index is 1.28. The third-order valence-corrected chi connectivity index (χ3v) is 8.70. The molecule has 230 valence electrons. The summed E-state index contributed by atoms with van der Waals surface area (Å²) in [5.74, 6) is -1.60. The molecule has 0 atom stereocenters. The van der Waals surface area contributed by atoms with Gasteiger partial charge in [-0.1, -0.05) is 42.5 Å². The van der Waals surface area contributed by atoms with Crippen LogP contribution in [0.25, 0.3) is 22.0 Å². The number of nitrogens with one attached hydrogen (secondary N) is 1. The van der Waals surface area contributed by atoms with E-state index in [9.17, 15) is 36.3 Å².